The Labute approximate surface area is 155 Å². The highest BCUT2D eigenvalue weighted by molar-refractivity contribution is 6.04. The Morgan fingerprint density at radius 2 is 2.08 bits per heavy atom. The number of nitrogens with two attached hydrogens (primary N) is 1. The maximum absolute atomic E-state index is 11.6. The van der Waals surface area contributed by atoms with Crippen molar-refractivity contribution >= 4 is 16.9 Å². The highest BCUT2D eigenvalue weighted by atomic mass is 16.1. The SMILES string of the molecule is CCCC1CCC(N2CCC(c3nc4c(C(N)=O)cccc4[nH]3)C2)CC1. The number of fused-ring (bicyclic) bond motifs is 1. The van der Waals surface area contributed by atoms with E-state index in [0.717, 1.165) is 42.8 Å². The van der Waals surface area contributed by atoms with Crippen LogP contribution in [0.25, 0.3) is 11.0 Å². The van der Waals surface area contributed by atoms with Gasteiger partial charge < -0.3 is 10.7 Å². The van der Waals surface area contributed by atoms with Crippen molar-refractivity contribution in [3.05, 3.63) is 29.6 Å². The molecule has 0 bridgehead atoms. The number of imidazole rings is 1. The minimum Gasteiger partial charge on any atom is -0.366 e. The van der Waals surface area contributed by atoms with E-state index < -0.39 is 5.91 Å². The molecule has 5 heteroatoms. The topological polar surface area (TPSA) is 75.0 Å². The molecule has 1 aromatic heterocycles. The number of likely N-dealkylation sites (tertiary alicyclic amines) is 1. The lowest BCUT2D eigenvalue weighted by Crippen LogP contribution is -2.36. The van der Waals surface area contributed by atoms with Gasteiger partial charge in [0.15, 0.2) is 0 Å². The second-order valence-electron chi connectivity index (χ2n) is 8.13. The number of carbonyl (C=O) groups excluding carboxylic acids is 1. The molecule has 1 unspecified atom stereocenters. The standard InChI is InChI=1S/C21H30N4O/c1-2-4-14-7-9-16(10-8-14)25-12-11-15(13-25)21-23-18-6-3-5-17(20(22)26)19(18)24-21/h3,5-6,14-16H,2,4,7-13H2,1H3,(H2,22,26)(H,23,24). The van der Waals surface area contributed by atoms with E-state index in [2.05, 4.69) is 16.8 Å². The summed E-state index contributed by atoms with van der Waals surface area (Å²) >= 11 is 0. The molecule has 5 nitrogen and oxygen atoms in total. The number of benzene rings is 1. The van der Waals surface area contributed by atoms with E-state index in [4.69, 9.17) is 10.7 Å². The fraction of sp³-hybridized carbons (Fsp3) is 0.619. The van der Waals surface area contributed by atoms with Crippen molar-refractivity contribution < 1.29 is 4.79 Å². The molecule has 4 rings (SSSR count). The summed E-state index contributed by atoms with van der Waals surface area (Å²) in [6, 6.07) is 6.34. The van der Waals surface area contributed by atoms with Gasteiger partial charge in [-0.05, 0) is 56.7 Å². The van der Waals surface area contributed by atoms with Gasteiger partial charge in [0.05, 0.1) is 11.1 Å². The predicted octanol–water partition coefficient (Wildman–Crippen LogP) is 3.81. The first-order valence-electron chi connectivity index (χ1n) is 10.2. The Kier molecular flexibility index (Phi) is 4.98. The van der Waals surface area contributed by atoms with Gasteiger partial charge in [0.1, 0.15) is 11.3 Å². The molecule has 2 heterocycles. The summed E-state index contributed by atoms with van der Waals surface area (Å²) in [7, 11) is 0. The fourth-order valence-corrected chi connectivity index (χ4v) is 4.99. The van der Waals surface area contributed by atoms with Crippen LogP contribution in [0.4, 0.5) is 0 Å². The Balaban J connectivity index is 1.44. The number of H-pyrrole nitrogens is 1. The molecule has 0 radical (unpaired) electrons. The van der Waals surface area contributed by atoms with E-state index in [0.29, 0.717) is 17.0 Å². The molecule has 2 aromatic rings. The predicted molar refractivity (Wildman–Crippen MR) is 104 cm³/mol. The molecule has 2 fully saturated rings. The van der Waals surface area contributed by atoms with Crippen molar-refractivity contribution in [3.8, 4) is 0 Å². The second-order valence-corrected chi connectivity index (χ2v) is 8.13. The van der Waals surface area contributed by atoms with E-state index in [9.17, 15) is 4.79 Å². The number of nitrogens with one attached hydrogen (secondary N) is 1. The van der Waals surface area contributed by atoms with Crippen LogP contribution < -0.4 is 5.73 Å². The Bertz CT molecular complexity index is 775. The number of amides is 1. The second kappa shape index (κ2) is 7.39. The third kappa shape index (κ3) is 3.37. The number of nitrogens with zero attached hydrogens (tertiary/aromatic N) is 2. The monoisotopic (exact) mass is 354 g/mol. The zero-order chi connectivity index (χ0) is 18.1. The summed E-state index contributed by atoms with van der Waals surface area (Å²) in [6.45, 7) is 4.54. The number of hydrogen-bond donors (Lipinski definition) is 2. The van der Waals surface area contributed by atoms with E-state index in [1.807, 2.05) is 12.1 Å². The summed E-state index contributed by atoms with van der Waals surface area (Å²) < 4.78 is 0. The number of rotatable bonds is 5. The van der Waals surface area contributed by atoms with Crippen LogP contribution in [0.15, 0.2) is 18.2 Å². The average Bonchev–Trinajstić information content (AvgIpc) is 3.29. The van der Waals surface area contributed by atoms with Crippen LogP contribution >= 0.6 is 0 Å². The number of primary amides is 1. The van der Waals surface area contributed by atoms with Crippen molar-refractivity contribution in [1.82, 2.24) is 14.9 Å². The van der Waals surface area contributed by atoms with Crippen LogP contribution in [0.5, 0.6) is 0 Å². The molecule has 1 saturated carbocycles. The number of aromatic amines is 1. The average molecular weight is 354 g/mol. The fourth-order valence-electron chi connectivity index (χ4n) is 4.99. The van der Waals surface area contributed by atoms with Crippen molar-refractivity contribution in [3.63, 3.8) is 0 Å². The lowest BCUT2D eigenvalue weighted by atomic mass is 9.83. The molecule has 3 N–H and O–H groups in total. The van der Waals surface area contributed by atoms with Crippen molar-refractivity contribution in [2.75, 3.05) is 13.1 Å². The van der Waals surface area contributed by atoms with Gasteiger partial charge in [0.2, 0.25) is 0 Å². The summed E-state index contributed by atoms with van der Waals surface area (Å²) in [5.74, 6) is 1.98. The first-order valence-corrected chi connectivity index (χ1v) is 10.2. The van der Waals surface area contributed by atoms with Gasteiger partial charge in [-0.3, -0.25) is 9.69 Å². The van der Waals surface area contributed by atoms with Crippen molar-refractivity contribution in [2.45, 2.75) is 63.8 Å². The summed E-state index contributed by atoms with van der Waals surface area (Å²) in [5, 5.41) is 0. The molecular weight excluding hydrogens is 324 g/mol. The van der Waals surface area contributed by atoms with Gasteiger partial charge in [-0.15, -0.1) is 0 Å². The zero-order valence-electron chi connectivity index (χ0n) is 15.7. The number of carbonyl (C=O) groups is 1. The molecule has 1 aliphatic carbocycles. The number of hydrogen-bond acceptors (Lipinski definition) is 3. The van der Waals surface area contributed by atoms with Gasteiger partial charge in [0, 0.05) is 18.5 Å². The van der Waals surface area contributed by atoms with Crippen LogP contribution in [-0.4, -0.2) is 39.9 Å². The van der Waals surface area contributed by atoms with E-state index in [1.165, 1.54) is 38.5 Å². The van der Waals surface area contributed by atoms with Crippen molar-refractivity contribution in [1.29, 1.82) is 0 Å². The van der Waals surface area contributed by atoms with Crippen LogP contribution in [0.3, 0.4) is 0 Å². The van der Waals surface area contributed by atoms with Gasteiger partial charge in [-0.25, -0.2) is 4.98 Å². The molecule has 2 aliphatic rings. The first-order chi connectivity index (χ1) is 12.7. The molecule has 1 aliphatic heterocycles. The molecule has 1 amide bonds. The van der Waals surface area contributed by atoms with Gasteiger partial charge in [-0.2, -0.15) is 0 Å². The highest BCUT2D eigenvalue weighted by Crippen LogP contribution is 2.35. The van der Waals surface area contributed by atoms with Crippen molar-refractivity contribution in [2.24, 2.45) is 11.7 Å². The van der Waals surface area contributed by atoms with E-state index >= 15 is 0 Å². The molecule has 140 valence electrons. The third-order valence-electron chi connectivity index (χ3n) is 6.43. The highest BCUT2D eigenvalue weighted by Gasteiger charge is 2.33. The normalized spacial score (nSPS) is 27.2. The van der Waals surface area contributed by atoms with Gasteiger partial charge in [-0.1, -0.05) is 25.8 Å². The summed E-state index contributed by atoms with van der Waals surface area (Å²) in [6.07, 6.45) is 9.35. The first kappa shape index (κ1) is 17.5. The molecule has 1 aromatic carbocycles. The van der Waals surface area contributed by atoms with E-state index in [-0.39, 0.29) is 0 Å². The Morgan fingerprint density at radius 3 is 2.81 bits per heavy atom. The van der Waals surface area contributed by atoms with Gasteiger partial charge >= 0.3 is 0 Å². The van der Waals surface area contributed by atoms with Crippen LogP contribution in [0, 0.1) is 5.92 Å². The van der Waals surface area contributed by atoms with Gasteiger partial charge in [0.25, 0.3) is 5.91 Å². The Morgan fingerprint density at radius 1 is 1.27 bits per heavy atom. The Hall–Kier alpha value is -1.88. The lowest BCUT2D eigenvalue weighted by Gasteiger charge is -2.34. The van der Waals surface area contributed by atoms with Crippen LogP contribution in [-0.2, 0) is 0 Å². The molecular formula is C21H30N4O. The largest absolute Gasteiger partial charge is 0.366 e. The molecule has 1 saturated heterocycles. The smallest absolute Gasteiger partial charge is 0.250 e. The minimum atomic E-state index is -0.412. The van der Waals surface area contributed by atoms with E-state index in [1.54, 1.807) is 6.07 Å². The maximum atomic E-state index is 11.6. The molecule has 0 spiro atoms. The van der Waals surface area contributed by atoms with Crippen LogP contribution in [0.1, 0.15) is 74.0 Å². The summed E-state index contributed by atoms with van der Waals surface area (Å²) in [5.41, 5.74) is 7.63. The maximum Gasteiger partial charge on any atom is 0.250 e. The molecule has 26 heavy (non-hydrogen) atoms. The zero-order valence-corrected chi connectivity index (χ0v) is 15.7. The summed E-state index contributed by atoms with van der Waals surface area (Å²) in [4.78, 5) is 22.5. The third-order valence-corrected chi connectivity index (χ3v) is 6.43. The van der Waals surface area contributed by atoms with Crippen LogP contribution in [0.2, 0.25) is 0 Å². The number of aromatic nitrogens is 2. The number of para-hydroxylation sites is 1. The quantitative estimate of drug-likeness (QED) is 0.857. The molecule has 1 atom stereocenters. The lowest BCUT2D eigenvalue weighted by molar-refractivity contribution is 0.100. The minimum absolute atomic E-state index is 0.412.